The van der Waals surface area contributed by atoms with E-state index in [9.17, 15) is 4.79 Å². The molecule has 2 N–H and O–H groups in total. The molecule has 8 heteroatoms. The van der Waals surface area contributed by atoms with E-state index in [1.807, 2.05) is 12.1 Å². The van der Waals surface area contributed by atoms with Gasteiger partial charge in [0, 0.05) is 49.3 Å². The van der Waals surface area contributed by atoms with Gasteiger partial charge >= 0.3 is 0 Å². The Morgan fingerprint density at radius 3 is 2.75 bits per heavy atom. The Morgan fingerprint density at radius 2 is 2.11 bits per heavy atom. The zero-order chi connectivity index (χ0) is 19.7. The van der Waals surface area contributed by atoms with Gasteiger partial charge in [-0.05, 0) is 45.4 Å². The van der Waals surface area contributed by atoms with Gasteiger partial charge in [-0.1, -0.05) is 0 Å². The Bertz CT molecular complexity index is 987. The standard InChI is InChI=1S/C20H25N7O/c1-20(2,3)23-14-7-10-26(13-14)19-6-5-15(24-25-19)16-11-18(28)17(12-21-16)27-9-4-8-22-27/h4-6,8-9,11-12,14,23H,7,10,13H2,1-3H3,(H,21,28). The molecule has 3 aromatic rings. The molecule has 0 saturated carbocycles. The zero-order valence-corrected chi connectivity index (χ0v) is 16.4. The molecule has 4 rings (SSSR count). The van der Waals surface area contributed by atoms with Gasteiger partial charge < -0.3 is 15.2 Å². The molecule has 0 spiro atoms. The summed E-state index contributed by atoms with van der Waals surface area (Å²) in [6.07, 6.45) is 6.10. The smallest absolute Gasteiger partial charge is 0.207 e. The molecule has 0 amide bonds. The van der Waals surface area contributed by atoms with Crippen molar-refractivity contribution in [3.05, 3.63) is 53.1 Å². The summed E-state index contributed by atoms with van der Waals surface area (Å²) in [5.41, 5.74) is 1.71. The minimum atomic E-state index is -0.126. The lowest BCUT2D eigenvalue weighted by atomic mass is 10.1. The van der Waals surface area contributed by atoms with Gasteiger partial charge in [0.1, 0.15) is 11.4 Å². The van der Waals surface area contributed by atoms with E-state index in [0.29, 0.717) is 23.1 Å². The predicted molar refractivity (Wildman–Crippen MR) is 109 cm³/mol. The minimum absolute atomic E-state index is 0.102. The summed E-state index contributed by atoms with van der Waals surface area (Å²) in [6.45, 7) is 8.42. The number of aromatic amines is 1. The van der Waals surface area contributed by atoms with Crippen LogP contribution in [0.3, 0.4) is 0 Å². The lowest BCUT2D eigenvalue weighted by Crippen LogP contribution is -2.45. The van der Waals surface area contributed by atoms with Gasteiger partial charge in [0.25, 0.3) is 0 Å². The Hall–Kier alpha value is -3.00. The monoisotopic (exact) mass is 379 g/mol. The number of aromatic nitrogens is 5. The van der Waals surface area contributed by atoms with Crippen LogP contribution in [0.1, 0.15) is 27.2 Å². The largest absolute Gasteiger partial charge is 0.358 e. The molecule has 4 heterocycles. The van der Waals surface area contributed by atoms with E-state index < -0.39 is 0 Å². The van der Waals surface area contributed by atoms with Crippen molar-refractivity contribution in [1.82, 2.24) is 30.3 Å². The van der Waals surface area contributed by atoms with Gasteiger partial charge in [0.05, 0.1) is 5.69 Å². The number of rotatable bonds is 4. The average Bonchev–Trinajstić information content (AvgIpc) is 3.32. The molecular formula is C20H25N7O. The fourth-order valence-electron chi connectivity index (χ4n) is 3.54. The van der Waals surface area contributed by atoms with E-state index in [1.165, 1.54) is 10.7 Å². The van der Waals surface area contributed by atoms with Crippen LogP contribution >= 0.6 is 0 Å². The highest BCUT2D eigenvalue weighted by molar-refractivity contribution is 5.56. The summed E-state index contributed by atoms with van der Waals surface area (Å²) in [5.74, 6) is 0.859. The molecule has 8 nitrogen and oxygen atoms in total. The van der Waals surface area contributed by atoms with Crippen molar-refractivity contribution < 1.29 is 0 Å². The molecule has 1 saturated heterocycles. The van der Waals surface area contributed by atoms with Crippen LogP contribution in [0.5, 0.6) is 0 Å². The molecule has 0 aromatic carbocycles. The van der Waals surface area contributed by atoms with Crippen LogP contribution in [0, 0.1) is 0 Å². The summed E-state index contributed by atoms with van der Waals surface area (Å²) in [6, 6.07) is 7.61. The van der Waals surface area contributed by atoms with Gasteiger partial charge in [-0.2, -0.15) is 5.10 Å². The maximum absolute atomic E-state index is 12.4. The third kappa shape index (κ3) is 3.96. The van der Waals surface area contributed by atoms with Crippen LogP contribution in [-0.4, -0.2) is 49.6 Å². The van der Waals surface area contributed by atoms with E-state index in [0.717, 1.165) is 25.3 Å². The van der Waals surface area contributed by atoms with E-state index in [4.69, 9.17) is 0 Å². The summed E-state index contributed by atoms with van der Waals surface area (Å²) < 4.78 is 1.53. The van der Waals surface area contributed by atoms with Crippen molar-refractivity contribution in [3.8, 4) is 17.1 Å². The van der Waals surface area contributed by atoms with E-state index in [1.54, 1.807) is 24.7 Å². The van der Waals surface area contributed by atoms with Crippen molar-refractivity contribution in [2.75, 3.05) is 18.0 Å². The van der Waals surface area contributed by atoms with E-state index in [-0.39, 0.29) is 11.0 Å². The second-order valence-corrected chi connectivity index (χ2v) is 8.15. The number of hydrogen-bond donors (Lipinski definition) is 2. The first-order chi connectivity index (χ1) is 13.4. The second-order valence-electron chi connectivity index (χ2n) is 8.15. The summed E-state index contributed by atoms with van der Waals surface area (Å²) in [7, 11) is 0. The number of nitrogens with one attached hydrogen (secondary N) is 2. The highest BCUT2D eigenvalue weighted by Crippen LogP contribution is 2.21. The SMILES string of the molecule is CC(C)(C)NC1CCN(c2ccc(-c3cc(=O)c(-n4cccn4)c[nH]3)nn2)C1. The maximum atomic E-state index is 12.4. The molecule has 1 fully saturated rings. The number of anilines is 1. The van der Waals surface area contributed by atoms with Gasteiger partial charge in [-0.3, -0.25) is 4.79 Å². The molecule has 1 unspecified atom stereocenters. The van der Waals surface area contributed by atoms with Crippen LogP contribution in [-0.2, 0) is 0 Å². The van der Waals surface area contributed by atoms with Crippen LogP contribution in [0.4, 0.5) is 5.82 Å². The number of pyridine rings is 1. The van der Waals surface area contributed by atoms with Crippen molar-refractivity contribution in [2.45, 2.75) is 38.8 Å². The highest BCUT2D eigenvalue weighted by atomic mass is 16.1. The predicted octanol–water partition coefficient (Wildman–Crippen LogP) is 1.98. The number of nitrogens with zero attached hydrogens (tertiary/aromatic N) is 5. The maximum Gasteiger partial charge on any atom is 0.207 e. The molecular weight excluding hydrogens is 354 g/mol. The Morgan fingerprint density at radius 1 is 1.25 bits per heavy atom. The molecule has 28 heavy (non-hydrogen) atoms. The molecule has 1 atom stereocenters. The zero-order valence-electron chi connectivity index (χ0n) is 16.4. The van der Waals surface area contributed by atoms with Gasteiger partial charge in [-0.15, -0.1) is 10.2 Å². The average molecular weight is 379 g/mol. The first-order valence-electron chi connectivity index (χ1n) is 9.48. The Labute approximate surface area is 163 Å². The normalized spacial score (nSPS) is 17.2. The fraction of sp³-hybridized carbons (Fsp3) is 0.400. The van der Waals surface area contributed by atoms with Crippen LogP contribution < -0.4 is 15.6 Å². The quantitative estimate of drug-likeness (QED) is 0.720. The molecule has 0 bridgehead atoms. The number of hydrogen-bond acceptors (Lipinski definition) is 6. The van der Waals surface area contributed by atoms with E-state index >= 15 is 0 Å². The molecule has 1 aliphatic heterocycles. The molecule has 146 valence electrons. The summed E-state index contributed by atoms with van der Waals surface area (Å²) >= 11 is 0. The number of H-pyrrole nitrogens is 1. The molecule has 1 aliphatic rings. The first kappa shape index (κ1) is 18.4. The van der Waals surface area contributed by atoms with Crippen molar-refractivity contribution in [2.24, 2.45) is 0 Å². The summed E-state index contributed by atoms with van der Waals surface area (Å²) in [5, 5.41) is 16.4. The van der Waals surface area contributed by atoms with Crippen LogP contribution in [0.15, 0.2) is 47.7 Å². The minimum Gasteiger partial charge on any atom is -0.358 e. The Kier molecular flexibility index (Phi) is 4.72. The highest BCUT2D eigenvalue weighted by Gasteiger charge is 2.26. The third-order valence-electron chi connectivity index (χ3n) is 4.72. The lowest BCUT2D eigenvalue weighted by Gasteiger charge is -2.26. The topological polar surface area (TPSA) is 91.7 Å². The second kappa shape index (κ2) is 7.20. The van der Waals surface area contributed by atoms with Crippen LogP contribution in [0.25, 0.3) is 17.1 Å². The van der Waals surface area contributed by atoms with Gasteiger partial charge in [0.15, 0.2) is 5.82 Å². The molecule has 3 aromatic heterocycles. The Balaban J connectivity index is 1.48. The van der Waals surface area contributed by atoms with Crippen molar-refractivity contribution in [3.63, 3.8) is 0 Å². The van der Waals surface area contributed by atoms with Crippen molar-refractivity contribution >= 4 is 5.82 Å². The molecule has 0 aliphatic carbocycles. The fourth-order valence-corrected chi connectivity index (χ4v) is 3.54. The van der Waals surface area contributed by atoms with Crippen molar-refractivity contribution in [1.29, 1.82) is 0 Å². The van der Waals surface area contributed by atoms with Crippen LogP contribution in [0.2, 0.25) is 0 Å². The molecule has 0 radical (unpaired) electrons. The van der Waals surface area contributed by atoms with Gasteiger partial charge in [0.2, 0.25) is 5.43 Å². The van der Waals surface area contributed by atoms with E-state index in [2.05, 4.69) is 51.3 Å². The lowest BCUT2D eigenvalue weighted by molar-refractivity contribution is 0.373. The van der Waals surface area contributed by atoms with Gasteiger partial charge in [-0.25, -0.2) is 4.68 Å². The first-order valence-corrected chi connectivity index (χ1v) is 9.48. The summed E-state index contributed by atoms with van der Waals surface area (Å²) in [4.78, 5) is 17.8. The third-order valence-corrected chi connectivity index (χ3v) is 4.72.